The van der Waals surface area contributed by atoms with E-state index in [9.17, 15) is 13.6 Å². The molecule has 0 bridgehead atoms. The number of benzene rings is 1. The van der Waals surface area contributed by atoms with Crippen molar-refractivity contribution in [2.75, 3.05) is 5.32 Å². The third-order valence-corrected chi connectivity index (χ3v) is 2.66. The van der Waals surface area contributed by atoms with E-state index in [4.69, 9.17) is 0 Å². The molecule has 2 aromatic rings. The van der Waals surface area contributed by atoms with Gasteiger partial charge < -0.3 is 4.74 Å². The summed E-state index contributed by atoms with van der Waals surface area (Å²) in [5, 5.41) is 4.70. The Balaban J connectivity index is 2.10. The topological polar surface area (TPSA) is 51.2 Å². The minimum Gasteiger partial charge on any atom is -0.435 e. The summed E-state index contributed by atoms with van der Waals surface area (Å²) in [4.78, 5) is 15.7. The number of halogens is 2. The van der Waals surface area contributed by atoms with Crippen molar-refractivity contribution in [1.82, 2.24) is 4.98 Å². The molecule has 0 fully saturated rings. The first kappa shape index (κ1) is 12.4. The number of carbonyl (C=O) groups is 1. The highest BCUT2D eigenvalue weighted by Crippen LogP contribution is 2.18. The number of nitrogens with one attached hydrogen (secondary N) is 1. The van der Waals surface area contributed by atoms with Crippen molar-refractivity contribution in [3.8, 4) is 5.75 Å². The molecule has 0 unspecified atom stereocenters. The molecule has 0 radical (unpaired) electrons. The Kier molecular flexibility index (Phi) is 3.83. The SMILES string of the molecule is O=C(Nc1nccs1)c1cccc(OC(F)F)c1. The van der Waals surface area contributed by atoms with Crippen LogP contribution in [0.25, 0.3) is 0 Å². The fourth-order valence-corrected chi connectivity index (χ4v) is 1.79. The Labute approximate surface area is 105 Å². The summed E-state index contributed by atoms with van der Waals surface area (Å²) in [7, 11) is 0. The largest absolute Gasteiger partial charge is 0.435 e. The summed E-state index contributed by atoms with van der Waals surface area (Å²) < 4.78 is 28.3. The van der Waals surface area contributed by atoms with Crippen LogP contribution in [0, 0.1) is 0 Å². The predicted molar refractivity (Wildman–Crippen MR) is 63.1 cm³/mol. The first-order valence-corrected chi connectivity index (χ1v) is 5.79. The van der Waals surface area contributed by atoms with Crippen molar-refractivity contribution in [3.63, 3.8) is 0 Å². The zero-order chi connectivity index (χ0) is 13.0. The molecule has 2 rings (SSSR count). The Morgan fingerprint density at radius 2 is 2.28 bits per heavy atom. The maximum absolute atomic E-state index is 12.0. The second-order valence-corrected chi connectivity index (χ2v) is 4.09. The van der Waals surface area contributed by atoms with E-state index in [2.05, 4.69) is 15.0 Å². The van der Waals surface area contributed by atoms with E-state index >= 15 is 0 Å². The molecule has 0 aliphatic carbocycles. The van der Waals surface area contributed by atoms with Crippen LogP contribution in [-0.2, 0) is 0 Å². The molecule has 0 aliphatic rings. The van der Waals surface area contributed by atoms with E-state index in [1.54, 1.807) is 11.6 Å². The quantitative estimate of drug-likeness (QED) is 0.929. The average molecular weight is 270 g/mol. The molecule has 1 heterocycles. The maximum atomic E-state index is 12.0. The van der Waals surface area contributed by atoms with Gasteiger partial charge in [0.25, 0.3) is 5.91 Å². The monoisotopic (exact) mass is 270 g/mol. The van der Waals surface area contributed by atoms with Gasteiger partial charge in [-0.15, -0.1) is 11.3 Å². The van der Waals surface area contributed by atoms with Crippen molar-refractivity contribution in [2.24, 2.45) is 0 Å². The van der Waals surface area contributed by atoms with Gasteiger partial charge in [0.05, 0.1) is 0 Å². The molecule has 0 saturated carbocycles. The zero-order valence-corrected chi connectivity index (χ0v) is 9.79. The Morgan fingerprint density at radius 3 is 2.94 bits per heavy atom. The third kappa shape index (κ3) is 3.24. The van der Waals surface area contributed by atoms with E-state index in [1.165, 1.54) is 35.6 Å². The lowest BCUT2D eigenvalue weighted by Crippen LogP contribution is -2.12. The van der Waals surface area contributed by atoms with Gasteiger partial charge in [0.2, 0.25) is 0 Å². The summed E-state index contributed by atoms with van der Waals surface area (Å²) in [6.07, 6.45) is 1.55. The van der Waals surface area contributed by atoms with Crippen LogP contribution in [0.5, 0.6) is 5.75 Å². The van der Waals surface area contributed by atoms with Crippen molar-refractivity contribution in [2.45, 2.75) is 6.61 Å². The fourth-order valence-electron chi connectivity index (χ4n) is 1.27. The lowest BCUT2D eigenvalue weighted by atomic mass is 10.2. The molecule has 4 nitrogen and oxygen atoms in total. The number of amides is 1. The standard InChI is InChI=1S/C11H8F2N2O2S/c12-10(13)17-8-3-1-2-7(6-8)9(16)15-11-14-4-5-18-11/h1-6,10H,(H,14,15,16). The molecular weight excluding hydrogens is 262 g/mol. The van der Waals surface area contributed by atoms with Crippen LogP contribution < -0.4 is 10.1 Å². The molecule has 1 aromatic carbocycles. The van der Waals surface area contributed by atoms with E-state index < -0.39 is 12.5 Å². The second-order valence-electron chi connectivity index (χ2n) is 3.20. The van der Waals surface area contributed by atoms with Crippen molar-refractivity contribution in [1.29, 1.82) is 0 Å². The van der Waals surface area contributed by atoms with Crippen LogP contribution in [-0.4, -0.2) is 17.5 Å². The van der Waals surface area contributed by atoms with E-state index in [1.807, 2.05) is 0 Å². The van der Waals surface area contributed by atoms with Crippen LogP contribution in [0.1, 0.15) is 10.4 Å². The number of alkyl halides is 2. The summed E-state index contributed by atoms with van der Waals surface area (Å²) in [5.74, 6) is -0.485. The van der Waals surface area contributed by atoms with Gasteiger partial charge in [-0.1, -0.05) is 6.07 Å². The van der Waals surface area contributed by atoms with Gasteiger partial charge in [0, 0.05) is 17.1 Å². The van der Waals surface area contributed by atoms with Gasteiger partial charge >= 0.3 is 6.61 Å². The normalized spacial score (nSPS) is 10.4. The van der Waals surface area contributed by atoms with E-state index in [-0.39, 0.29) is 11.3 Å². The molecule has 94 valence electrons. The zero-order valence-electron chi connectivity index (χ0n) is 8.97. The summed E-state index contributed by atoms with van der Waals surface area (Å²) >= 11 is 1.27. The van der Waals surface area contributed by atoms with Gasteiger partial charge in [-0.25, -0.2) is 4.98 Å². The van der Waals surface area contributed by atoms with Gasteiger partial charge in [-0.2, -0.15) is 8.78 Å². The number of ether oxygens (including phenoxy) is 1. The summed E-state index contributed by atoms with van der Waals surface area (Å²) in [5.41, 5.74) is 0.225. The smallest absolute Gasteiger partial charge is 0.387 e. The summed E-state index contributed by atoms with van der Waals surface area (Å²) in [6.45, 7) is -2.91. The molecular formula is C11H8F2N2O2S. The number of hydrogen-bond donors (Lipinski definition) is 1. The van der Waals surface area contributed by atoms with Crippen molar-refractivity contribution in [3.05, 3.63) is 41.4 Å². The van der Waals surface area contributed by atoms with Gasteiger partial charge in [-0.3, -0.25) is 10.1 Å². The van der Waals surface area contributed by atoms with E-state index in [0.717, 1.165) is 0 Å². The molecule has 0 aliphatic heterocycles. The van der Waals surface area contributed by atoms with Crippen LogP contribution in [0.15, 0.2) is 35.8 Å². The summed E-state index contributed by atoms with van der Waals surface area (Å²) in [6, 6.07) is 5.57. The molecule has 7 heteroatoms. The molecule has 0 spiro atoms. The Hall–Kier alpha value is -2.02. The number of nitrogens with zero attached hydrogens (tertiary/aromatic N) is 1. The fraction of sp³-hybridized carbons (Fsp3) is 0.0909. The number of rotatable bonds is 4. The molecule has 18 heavy (non-hydrogen) atoms. The van der Waals surface area contributed by atoms with Gasteiger partial charge in [0.15, 0.2) is 5.13 Å². The van der Waals surface area contributed by atoms with E-state index in [0.29, 0.717) is 5.13 Å². The number of carbonyl (C=O) groups excluding carboxylic acids is 1. The minimum atomic E-state index is -2.91. The molecule has 1 aromatic heterocycles. The third-order valence-electron chi connectivity index (χ3n) is 1.97. The van der Waals surface area contributed by atoms with Crippen LogP contribution in [0.2, 0.25) is 0 Å². The Bertz CT molecular complexity index is 532. The van der Waals surface area contributed by atoms with Crippen LogP contribution in [0.4, 0.5) is 13.9 Å². The number of aromatic nitrogens is 1. The van der Waals surface area contributed by atoms with Crippen LogP contribution >= 0.6 is 11.3 Å². The average Bonchev–Trinajstić information content (AvgIpc) is 2.81. The highest BCUT2D eigenvalue weighted by atomic mass is 32.1. The Morgan fingerprint density at radius 1 is 1.44 bits per heavy atom. The molecule has 0 atom stereocenters. The number of hydrogen-bond acceptors (Lipinski definition) is 4. The van der Waals surface area contributed by atoms with Gasteiger partial charge in [-0.05, 0) is 18.2 Å². The predicted octanol–water partition coefficient (Wildman–Crippen LogP) is 3.00. The highest BCUT2D eigenvalue weighted by molar-refractivity contribution is 7.13. The lowest BCUT2D eigenvalue weighted by molar-refractivity contribution is -0.0498. The number of anilines is 1. The minimum absolute atomic E-state index is 0.0585. The lowest BCUT2D eigenvalue weighted by Gasteiger charge is -2.06. The molecule has 1 amide bonds. The first-order valence-electron chi connectivity index (χ1n) is 4.91. The molecule has 1 N–H and O–H groups in total. The van der Waals surface area contributed by atoms with Crippen LogP contribution in [0.3, 0.4) is 0 Å². The first-order chi connectivity index (χ1) is 8.65. The van der Waals surface area contributed by atoms with Gasteiger partial charge in [0.1, 0.15) is 5.75 Å². The highest BCUT2D eigenvalue weighted by Gasteiger charge is 2.10. The van der Waals surface area contributed by atoms with Crippen molar-refractivity contribution < 1.29 is 18.3 Å². The second kappa shape index (κ2) is 5.54. The number of thiazole rings is 1. The van der Waals surface area contributed by atoms with Crippen molar-refractivity contribution >= 4 is 22.4 Å². The molecule has 0 saturated heterocycles. The maximum Gasteiger partial charge on any atom is 0.387 e.